The van der Waals surface area contributed by atoms with E-state index in [0.29, 0.717) is 21.7 Å². The van der Waals surface area contributed by atoms with E-state index in [1.54, 1.807) is 30.3 Å². The van der Waals surface area contributed by atoms with Gasteiger partial charge in [0.2, 0.25) is 5.91 Å². The molecule has 3 amide bonds. The molecule has 0 aliphatic carbocycles. The van der Waals surface area contributed by atoms with Gasteiger partial charge in [0.05, 0.1) is 10.4 Å². The molecule has 8 heteroatoms. The molecule has 2 aromatic carbocycles. The molecule has 6 nitrogen and oxygen atoms in total. The molecule has 2 heterocycles. The largest absolute Gasteiger partial charge is 0.360 e. The second-order valence-corrected chi connectivity index (χ2v) is 11.4. The summed E-state index contributed by atoms with van der Waals surface area (Å²) in [6.45, 7) is 12.5. The standard InChI is InChI=1S/C28H30ClN3O3S/c1-16(2)32-23-10-17(3)19(11-22(23)18(4)14-28(32,5)6)12-24-26(34)31(27(35)36-24)15-25(33)30-21-9-7-8-20(29)13-21/h7-14,16H,15H2,1-6H3,(H,30,33)/b24-12-. The van der Waals surface area contributed by atoms with Crippen LogP contribution in [0, 0.1) is 6.92 Å². The van der Waals surface area contributed by atoms with Crippen LogP contribution in [0.15, 0.2) is 47.4 Å². The number of imide groups is 1. The molecule has 0 bridgehead atoms. The van der Waals surface area contributed by atoms with E-state index in [1.165, 1.54) is 5.57 Å². The fraction of sp³-hybridized carbons (Fsp3) is 0.321. The number of rotatable bonds is 5. The molecule has 2 aromatic rings. The summed E-state index contributed by atoms with van der Waals surface area (Å²) in [5.41, 5.74) is 5.71. The van der Waals surface area contributed by atoms with Crippen molar-refractivity contribution in [1.82, 2.24) is 4.90 Å². The highest BCUT2D eigenvalue weighted by Crippen LogP contribution is 2.42. The topological polar surface area (TPSA) is 69.7 Å². The number of anilines is 2. The van der Waals surface area contributed by atoms with Crippen molar-refractivity contribution >= 4 is 63.4 Å². The van der Waals surface area contributed by atoms with Crippen molar-refractivity contribution in [1.29, 1.82) is 0 Å². The molecule has 0 saturated carbocycles. The van der Waals surface area contributed by atoms with Gasteiger partial charge in [-0.3, -0.25) is 19.3 Å². The van der Waals surface area contributed by atoms with Gasteiger partial charge in [-0.25, -0.2) is 0 Å². The van der Waals surface area contributed by atoms with Crippen LogP contribution in [0.5, 0.6) is 0 Å². The number of nitrogens with zero attached hydrogens (tertiary/aromatic N) is 2. The van der Waals surface area contributed by atoms with Crippen LogP contribution in [0.2, 0.25) is 5.02 Å². The zero-order valence-corrected chi connectivity index (χ0v) is 22.9. The highest BCUT2D eigenvalue weighted by molar-refractivity contribution is 8.18. The van der Waals surface area contributed by atoms with Gasteiger partial charge in [-0.05, 0) is 106 Å². The number of thioether (sulfide) groups is 1. The lowest BCUT2D eigenvalue weighted by Gasteiger charge is -2.46. The van der Waals surface area contributed by atoms with E-state index in [9.17, 15) is 14.4 Å². The lowest BCUT2D eigenvalue weighted by Crippen LogP contribution is -2.49. The predicted octanol–water partition coefficient (Wildman–Crippen LogP) is 6.73. The number of hydrogen-bond acceptors (Lipinski definition) is 5. The normalized spacial score (nSPS) is 18.1. The third-order valence-electron chi connectivity index (χ3n) is 6.35. The van der Waals surface area contributed by atoms with Crippen LogP contribution in [-0.4, -0.2) is 40.1 Å². The number of hydrogen-bond donors (Lipinski definition) is 1. The first-order valence-corrected chi connectivity index (χ1v) is 13.0. The molecule has 0 spiro atoms. The molecule has 0 aromatic heterocycles. The molecule has 2 aliphatic heterocycles. The number of carbonyl (C=O) groups excluding carboxylic acids is 3. The summed E-state index contributed by atoms with van der Waals surface area (Å²) in [6, 6.07) is 11.2. The lowest BCUT2D eigenvalue weighted by atomic mass is 9.86. The Labute approximate surface area is 221 Å². The van der Waals surface area contributed by atoms with E-state index in [2.05, 4.69) is 63.0 Å². The molecule has 1 fully saturated rings. The van der Waals surface area contributed by atoms with Crippen LogP contribution in [0.4, 0.5) is 16.2 Å². The minimum atomic E-state index is -0.472. The first-order valence-electron chi connectivity index (χ1n) is 11.8. The number of allylic oxidation sites excluding steroid dienone is 1. The Morgan fingerprint density at radius 3 is 2.56 bits per heavy atom. The van der Waals surface area contributed by atoms with E-state index < -0.39 is 17.1 Å². The quantitative estimate of drug-likeness (QED) is 0.440. The fourth-order valence-electron chi connectivity index (χ4n) is 5.00. The minimum absolute atomic E-state index is 0.118. The number of benzene rings is 2. The molecule has 0 radical (unpaired) electrons. The van der Waals surface area contributed by atoms with Crippen molar-refractivity contribution in [3.05, 3.63) is 69.1 Å². The van der Waals surface area contributed by atoms with Crippen LogP contribution in [-0.2, 0) is 9.59 Å². The molecule has 4 rings (SSSR count). The van der Waals surface area contributed by atoms with Crippen molar-refractivity contribution in [2.75, 3.05) is 16.8 Å². The second-order valence-electron chi connectivity index (χ2n) is 10.00. The maximum atomic E-state index is 13.0. The number of carbonyl (C=O) groups is 3. The molecule has 0 atom stereocenters. The third kappa shape index (κ3) is 5.08. The average molecular weight is 524 g/mol. The molecule has 2 aliphatic rings. The van der Waals surface area contributed by atoms with Crippen molar-refractivity contribution in [2.45, 2.75) is 53.1 Å². The van der Waals surface area contributed by atoms with Crippen LogP contribution >= 0.6 is 23.4 Å². The molecule has 0 unspecified atom stereocenters. The maximum absolute atomic E-state index is 13.0. The fourth-order valence-corrected chi connectivity index (χ4v) is 6.02. The van der Waals surface area contributed by atoms with Gasteiger partial charge in [-0.1, -0.05) is 23.7 Å². The first-order chi connectivity index (χ1) is 16.9. The highest BCUT2D eigenvalue weighted by atomic mass is 35.5. The number of nitrogens with one attached hydrogen (secondary N) is 1. The van der Waals surface area contributed by atoms with Gasteiger partial charge in [0.25, 0.3) is 11.1 Å². The average Bonchev–Trinajstić information content (AvgIpc) is 3.01. The van der Waals surface area contributed by atoms with E-state index in [1.807, 2.05) is 6.92 Å². The van der Waals surface area contributed by atoms with Crippen LogP contribution in [0.25, 0.3) is 11.6 Å². The zero-order chi connectivity index (χ0) is 26.4. The zero-order valence-electron chi connectivity index (χ0n) is 21.3. The molecule has 188 valence electrons. The Kier molecular flexibility index (Phi) is 7.08. The van der Waals surface area contributed by atoms with E-state index in [-0.39, 0.29) is 12.1 Å². The minimum Gasteiger partial charge on any atom is -0.360 e. The second kappa shape index (κ2) is 9.79. The van der Waals surface area contributed by atoms with Gasteiger partial charge in [-0.2, -0.15) is 0 Å². The van der Waals surface area contributed by atoms with Crippen molar-refractivity contribution in [3.8, 4) is 0 Å². The summed E-state index contributed by atoms with van der Waals surface area (Å²) in [6.07, 6.45) is 4.02. The monoisotopic (exact) mass is 523 g/mol. The smallest absolute Gasteiger partial charge is 0.294 e. The lowest BCUT2D eigenvalue weighted by molar-refractivity contribution is -0.127. The first kappa shape index (κ1) is 26.0. The Hall–Kier alpha value is -3.03. The maximum Gasteiger partial charge on any atom is 0.294 e. The van der Waals surface area contributed by atoms with Crippen LogP contribution in [0.3, 0.4) is 0 Å². The number of fused-ring (bicyclic) bond motifs is 1. The van der Waals surface area contributed by atoms with E-state index >= 15 is 0 Å². The SMILES string of the molecule is CC1=CC(C)(C)N(C(C)C)c2cc(C)c(/C=C3\SC(=O)N(CC(=O)Nc4cccc(Cl)c4)C3=O)cc21. The van der Waals surface area contributed by atoms with Gasteiger partial charge in [0, 0.05) is 28.0 Å². The Morgan fingerprint density at radius 2 is 1.89 bits per heavy atom. The van der Waals surface area contributed by atoms with E-state index in [0.717, 1.165) is 39.0 Å². The third-order valence-corrected chi connectivity index (χ3v) is 7.49. The van der Waals surface area contributed by atoms with Gasteiger partial charge >= 0.3 is 0 Å². The molecular formula is C28H30ClN3O3S. The highest BCUT2D eigenvalue weighted by Gasteiger charge is 2.37. The molecule has 36 heavy (non-hydrogen) atoms. The summed E-state index contributed by atoms with van der Waals surface area (Å²) in [5.74, 6) is -0.941. The van der Waals surface area contributed by atoms with Gasteiger partial charge in [0.1, 0.15) is 6.54 Å². The predicted molar refractivity (Wildman–Crippen MR) is 149 cm³/mol. The van der Waals surface area contributed by atoms with E-state index in [4.69, 9.17) is 11.6 Å². The summed E-state index contributed by atoms with van der Waals surface area (Å²) in [4.78, 5) is 41.8. The van der Waals surface area contributed by atoms with Gasteiger partial charge < -0.3 is 10.2 Å². The van der Waals surface area contributed by atoms with Crippen molar-refractivity contribution < 1.29 is 14.4 Å². The van der Waals surface area contributed by atoms with Gasteiger partial charge in [0.15, 0.2) is 0 Å². The summed E-state index contributed by atoms with van der Waals surface area (Å²) in [7, 11) is 0. The summed E-state index contributed by atoms with van der Waals surface area (Å²) < 4.78 is 0. The van der Waals surface area contributed by atoms with Crippen molar-refractivity contribution in [3.63, 3.8) is 0 Å². The van der Waals surface area contributed by atoms with Gasteiger partial charge in [-0.15, -0.1) is 0 Å². The Bertz CT molecular complexity index is 1330. The molecule has 1 N–H and O–H groups in total. The van der Waals surface area contributed by atoms with Crippen LogP contribution < -0.4 is 10.2 Å². The van der Waals surface area contributed by atoms with Crippen LogP contribution in [0.1, 0.15) is 51.3 Å². The number of aryl methyl sites for hydroxylation is 1. The summed E-state index contributed by atoms with van der Waals surface area (Å²) >= 11 is 6.81. The molecule has 1 saturated heterocycles. The Balaban J connectivity index is 1.58. The van der Waals surface area contributed by atoms with Crippen molar-refractivity contribution in [2.24, 2.45) is 0 Å². The number of amides is 3. The number of halogens is 1. The Morgan fingerprint density at radius 1 is 1.17 bits per heavy atom. The summed E-state index contributed by atoms with van der Waals surface area (Å²) in [5, 5.41) is 2.69. The molecular weight excluding hydrogens is 494 g/mol.